The minimum Gasteiger partial charge on any atom is -0.466 e. The first kappa shape index (κ1) is 37.9. The highest BCUT2D eigenvalue weighted by Crippen LogP contribution is 2.43. The third-order valence-electron chi connectivity index (χ3n) is 8.81. The van der Waals surface area contributed by atoms with Gasteiger partial charge in [-0.25, -0.2) is 0 Å². The van der Waals surface area contributed by atoms with Crippen LogP contribution in [-0.4, -0.2) is 12.6 Å². The van der Waals surface area contributed by atoms with Gasteiger partial charge in [0.05, 0.1) is 6.61 Å². The zero-order chi connectivity index (χ0) is 30.9. The number of carbonyl (C=O) groups excluding carboxylic acids is 1. The van der Waals surface area contributed by atoms with Crippen LogP contribution in [-0.2, 0) is 9.53 Å². The van der Waals surface area contributed by atoms with Crippen LogP contribution in [0.25, 0.3) is 0 Å². The van der Waals surface area contributed by atoms with Crippen molar-refractivity contribution in [3.05, 3.63) is 71.9 Å². The third-order valence-corrected chi connectivity index (χ3v) is 8.81. The zero-order valence-electron chi connectivity index (χ0n) is 28.5. The Morgan fingerprint density at radius 2 is 1.52 bits per heavy atom. The van der Waals surface area contributed by atoms with Crippen LogP contribution in [0.2, 0.25) is 0 Å². The second kappa shape index (κ2) is 24.4. The minimum atomic E-state index is -0.0520. The molecule has 2 atom stereocenters. The fourth-order valence-electron chi connectivity index (χ4n) is 5.83. The standard InChI is InChI=1S/C40H66O2/c1-7-8-9-10-11-12-13-14-15-16-17-18-19-20-21-22-23-29-39(41)42-34-32-36(3)27-24-26-35(2)30-31-38-37(4)28-25-33-40(38,5)6/h11-12,14-15,17-18,20-21,26,28,36,38H,7-10,13,16,19,22-25,27,29-34H2,1-6H3/b12-11+,15-14+,18-17+,21-20+,35-26+. The summed E-state index contributed by atoms with van der Waals surface area (Å²) in [7, 11) is 0. The van der Waals surface area contributed by atoms with Crippen molar-refractivity contribution in [2.75, 3.05) is 6.61 Å². The number of esters is 1. The molecule has 42 heavy (non-hydrogen) atoms. The lowest BCUT2D eigenvalue weighted by Gasteiger charge is -2.38. The fraction of sp³-hybridized carbons (Fsp3) is 0.675. The van der Waals surface area contributed by atoms with Crippen LogP contribution in [0.4, 0.5) is 0 Å². The Balaban J connectivity index is 2.02. The average molecular weight is 579 g/mol. The number of unbranched alkanes of at least 4 members (excludes halogenated alkanes) is 4. The maximum absolute atomic E-state index is 12.1. The molecule has 0 aromatic rings. The second-order valence-electron chi connectivity index (χ2n) is 13.3. The summed E-state index contributed by atoms with van der Waals surface area (Å²) in [4.78, 5) is 12.1. The van der Waals surface area contributed by atoms with Gasteiger partial charge in [-0.2, -0.15) is 0 Å². The first-order valence-electron chi connectivity index (χ1n) is 17.3. The molecule has 0 N–H and O–H groups in total. The number of carbonyl (C=O) groups is 1. The van der Waals surface area contributed by atoms with Crippen molar-refractivity contribution in [3.8, 4) is 0 Å². The molecule has 0 amide bonds. The number of hydrogen-bond donors (Lipinski definition) is 0. The van der Waals surface area contributed by atoms with E-state index in [1.54, 1.807) is 5.57 Å². The predicted octanol–water partition coefficient (Wildman–Crippen LogP) is 12.6. The summed E-state index contributed by atoms with van der Waals surface area (Å²) >= 11 is 0. The smallest absolute Gasteiger partial charge is 0.305 e. The van der Waals surface area contributed by atoms with Gasteiger partial charge in [0.1, 0.15) is 0 Å². The maximum atomic E-state index is 12.1. The van der Waals surface area contributed by atoms with E-state index in [1.165, 1.54) is 56.9 Å². The summed E-state index contributed by atoms with van der Waals surface area (Å²) in [5, 5.41) is 0. The van der Waals surface area contributed by atoms with Crippen molar-refractivity contribution in [3.63, 3.8) is 0 Å². The van der Waals surface area contributed by atoms with Crippen LogP contribution in [0.1, 0.15) is 151 Å². The third kappa shape index (κ3) is 19.9. The molecule has 0 bridgehead atoms. The first-order chi connectivity index (χ1) is 20.3. The molecule has 1 aliphatic carbocycles. The van der Waals surface area contributed by atoms with Crippen LogP contribution >= 0.6 is 0 Å². The highest BCUT2D eigenvalue weighted by Gasteiger charge is 2.32. The van der Waals surface area contributed by atoms with Crippen LogP contribution < -0.4 is 0 Å². The number of ether oxygens (including phenoxy) is 1. The quantitative estimate of drug-likeness (QED) is 0.0684. The van der Waals surface area contributed by atoms with Crippen molar-refractivity contribution in [2.24, 2.45) is 17.3 Å². The van der Waals surface area contributed by atoms with Crippen LogP contribution in [0.3, 0.4) is 0 Å². The normalized spacial score (nSPS) is 18.5. The molecule has 0 radical (unpaired) electrons. The molecule has 0 saturated carbocycles. The van der Waals surface area contributed by atoms with Crippen LogP contribution in [0.15, 0.2) is 71.9 Å². The van der Waals surface area contributed by atoms with Gasteiger partial charge < -0.3 is 4.74 Å². The maximum Gasteiger partial charge on any atom is 0.305 e. The molecule has 2 heteroatoms. The lowest BCUT2D eigenvalue weighted by molar-refractivity contribution is -0.144. The molecular formula is C40H66O2. The summed E-state index contributed by atoms with van der Waals surface area (Å²) in [6, 6.07) is 0. The largest absolute Gasteiger partial charge is 0.466 e. The fourth-order valence-corrected chi connectivity index (χ4v) is 5.83. The predicted molar refractivity (Wildman–Crippen MR) is 186 cm³/mol. The molecule has 2 nitrogen and oxygen atoms in total. The molecular weight excluding hydrogens is 512 g/mol. The van der Waals surface area contributed by atoms with Gasteiger partial charge in [-0.1, -0.05) is 112 Å². The van der Waals surface area contributed by atoms with Crippen molar-refractivity contribution >= 4 is 5.97 Å². The zero-order valence-corrected chi connectivity index (χ0v) is 28.5. The van der Waals surface area contributed by atoms with E-state index < -0.39 is 0 Å². The second-order valence-corrected chi connectivity index (χ2v) is 13.3. The van der Waals surface area contributed by atoms with Gasteiger partial charge in [0.2, 0.25) is 0 Å². The van der Waals surface area contributed by atoms with Gasteiger partial charge in [-0.15, -0.1) is 0 Å². The lowest BCUT2D eigenvalue weighted by Crippen LogP contribution is -2.27. The van der Waals surface area contributed by atoms with Gasteiger partial charge in [0, 0.05) is 6.42 Å². The highest BCUT2D eigenvalue weighted by molar-refractivity contribution is 5.69. The Hall–Kier alpha value is -2.09. The Kier molecular flexibility index (Phi) is 22.0. The molecule has 238 valence electrons. The summed E-state index contributed by atoms with van der Waals surface area (Å²) in [5.41, 5.74) is 3.55. The Morgan fingerprint density at radius 1 is 0.905 bits per heavy atom. The van der Waals surface area contributed by atoms with E-state index in [9.17, 15) is 4.79 Å². The molecule has 0 saturated heterocycles. The van der Waals surface area contributed by atoms with E-state index >= 15 is 0 Å². The van der Waals surface area contributed by atoms with Crippen molar-refractivity contribution in [2.45, 2.75) is 151 Å². The van der Waals surface area contributed by atoms with Crippen molar-refractivity contribution < 1.29 is 9.53 Å². The molecule has 0 fully saturated rings. The van der Waals surface area contributed by atoms with Gasteiger partial charge in [0.25, 0.3) is 0 Å². The number of hydrogen-bond acceptors (Lipinski definition) is 2. The summed E-state index contributed by atoms with van der Waals surface area (Å²) in [5.74, 6) is 1.24. The van der Waals surface area contributed by atoms with Crippen molar-refractivity contribution in [1.82, 2.24) is 0 Å². The molecule has 0 aliphatic heterocycles. The molecule has 0 aromatic heterocycles. The van der Waals surface area contributed by atoms with Gasteiger partial charge in [0.15, 0.2) is 0 Å². The van der Waals surface area contributed by atoms with Crippen molar-refractivity contribution in [1.29, 1.82) is 0 Å². The van der Waals surface area contributed by atoms with E-state index in [0.717, 1.165) is 57.3 Å². The van der Waals surface area contributed by atoms with E-state index in [2.05, 4.69) is 102 Å². The van der Waals surface area contributed by atoms with Gasteiger partial charge >= 0.3 is 5.97 Å². The Morgan fingerprint density at radius 3 is 2.14 bits per heavy atom. The van der Waals surface area contributed by atoms with E-state index in [4.69, 9.17) is 4.74 Å². The lowest BCUT2D eigenvalue weighted by atomic mass is 9.67. The van der Waals surface area contributed by atoms with Crippen LogP contribution in [0, 0.1) is 17.3 Å². The first-order valence-corrected chi connectivity index (χ1v) is 17.3. The monoisotopic (exact) mass is 579 g/mol. The summed E-state index contributed by atoms with van der Waals surface area (Å²) in [6.45, 7) is 14.6. The van der Waals surface area contributed by atoms with Crippen LogP contribution in [0.5, 0.6) is 0 Å². The molecule has 0 aromatic carbocycles. The van der Waals surface area contributed by atoms with Gasteiger partial charge in [-0.3, -0.25) is 4.79 Å². The molecule has 1 rings (SSSR count). The number of rotatable bonds is 23. The van der Waals surface area contributed by atoms with E-state index in [-0.39, 0.29) is 5.97 Å². The Labute approximate surface area is 261 Å². The van der Waals surface area contributed by atoms with E-state index in [0.29, 0.717) is 24.4 Å². The number of allylic oxidation sites excluding steroid dienone is 12. The van der Waals surface area contributed by atoms with Gasteiger partial charge in [-0.05, 0) is 121 Å². The average Bonchev–Trinajstić information content (AvgIpc) is 2.94. The highest BCUT2D eigenvalue weighted by atomic mass is 16.5. The van der Waals surface area contributed by atoms with E-state index in [1.807, 2.05) is 0 Å². The SMILES string of the molecule is CCCCC/C=C/C/C=C/C/C=C/C/C=C/CCCC(=O)OCCC(C)CC/C=C(\C)CCC1C(C)=CCCC1(C)C. The summed E-state index contributed by atoms with van der Waals surface area (Å²) < 4.78 is 5.50. The molecule has 1 aliphatic rings. The molecule has 2 unspecified atom stereocenters. The summed E-state index contributed by atoms with van der Waals surface area (Å²) in [6.07, 6.45) is 41.5. The molecule has 0 heterocycles. The topological polar surface area (TPSA) is 26.3 Å². The molecule has 0 spiro atoms. The Bertz CT molecular complexity index is 879. The minimum absolute atomic E-state index is 0.0520.